The lowest BCUT2D eigenvalue weighted by Crippen LogP contribution is -2.39. The van der Waals surface area contributed by atoms with Crippen molar-refractivity contribution < 1.29 is 4.79 Å². The molecule has 1 heterocycles. The molecule has 3 nitrogen and oxygen atoms in total. The second-order valence-electron chi connectivity index (χ2n) is 4.49. The van der Waals surface area contributed by atoms with Gasteiger partial charge in [0.15, 0.2) is 0 Å². The number of anilines is 2. The molecule has 1 aliphatic heterocycles. The van der Waals surface area contributed by atoms with E-state index in [1.807, 2.05) is 18.2 Å². The van der Waals surface area contributed by atoms with Crippen molar-refractivity contribution in [3.05, 3.63) is 22.7 Å². The van der Waals surface area contributed by atoms with Crippen molar-refractivity contribution in [1.29, 1.82) is 0 Å². The molecule has 17 heavy (non-hydrogen) atoms. The van der Waals surface area contributed by atoms with E-state index in [0.29, 0.717) is 6.54 Å². The summed E-state index contributed by atoms with van der Waals surface area (Å²) in [6, 6.07) is 5.89. The summed E-state index contributed by atoms with van der Waals surface area (Å²) in [4.78, 5) is 12.3. The number of fused-ring (bicyclic) bond motifs is 1. The Morgan fingerprint density at radius 1 is 1.29 bits per heavy atom. The Labute approximate surface area is 110 Å². The minimum Gasteiger partial charge on any atom is -0.382 e. The SMILES string of the molecule is CCC1(CC)CNc2ccc(Br)cc2NC1=O. The Morgan fingerprint density at radius 3 is 2.65 bits per heavy atom. The number of hydrogen-bond acceptors (Lipinski definition) is 2. The largest absolute Gasteiger partial charge is 0.382 e. The highest BCUT2D eigenvalue weighted by molar-refractivity contribution is 9.10. The topological polar surface area (TPSA) is 41.1 Å². The fraction of sp³-hybridized carbons (Fsp3) is 0.462. The predicted octanol–water partition coefficient (Wildman–Crippen LogP) is 3.62. The molecule has 1 aliphatic rings. The van der Waals surface area contributed by atoms with Gasteiger partial charge in [0.25, 0.3) is 0 Å². The first kappa shape index (κ1) is 12.4. The van der Waals surface area contributed by atoms with Crippen molar-refractivity contribution in [3.63, 3.8) is 0 Å². The van der Waals surface area contributed by atoms with E-state index in [4.69, 9.17) is 0 Å². The summed E-state index contributed by atoms with van der Waals surface area (Å²) in [6.07, 6.45) is 1.69. The maximum atomic E-state index is 12.3. The van der Waals surface area contributed by atoms with Gasteiger partial charge in [-0.15, -0.1) is 0 Å². The molecule has 0 bridgehead atoms. The predicted molar refractivity (Wildman–Crippen MR) is 74.3 cm³/mol. The van der Waals surface area contributed by atoms with E-state index in [1.54, 1.807) is 0 Å². The number of amides is 1. The lowest BCUT2D eigenvalue weighted by atomic mass is 9.81. The van der Waals surface area contributed by atoms with Gasteiger partial charge < -0.3 is 10.6 Å². The van der Waals surface area contributed by atoms with E-state index in [9.17, 15) is 4.79 Å². The standard InChI is InChI=1S/C13H17BrN2O/c1-3-13(4-2)8-15-10-6-5-9(14)7-11(10)16-12(13)17/h5-7,15H,3-4,8H2,1-2H3,(H,16,17). The fourth-order valence-electron chi connectivity index (χ4n) is 2.19. The average Bonchev–Trinajstić information content (AvgIpc) is 2.45. The van der Waals surface area contributed by atoms with Gasteiger partial charge in [-0.05, 0) is 31.0 Å². The van der Waals surface area contributed by atoms with E-state index in [1.165, 1.54) is 0 Å². The molecule has 4 heteroatoms. The maximum Gasteiger partial charge on any atom is 0.232 e. The Morgan fingerprint density at radius 2 is 2.00 bits per heavy atom. The Bertz CT molecular complexity index is 441. The van der Waals surface area contributed by atoms with Gasteiger partial charge in [-0.3, -0.25) is 4.79 Å². The smallest absolute Gasteiger partial charge is 0.232 e. The molecule has 1 aromatic carbocycles. The summed E-state index contributed by atoms with van der Waals surface area (Å²) in [7, 11) is 0. The molecule has 0 aromatic heterocycles. The minimum absolute atomic E-state index is 0.117. The van der Waals surface area contributed by atoms with Crippen LogP contribution in [0.3, 0.4) is 0 Å². The van der Waals surface area contributed by atoms with Crippen molar-refractivity contribution >= 4 is 33.2 Å². The summed E-state index contributed by atoms with van der Waals surface area (Å²) >= 11 is 3.42. The first-order valence-corrected chi connectivity index (χ1v) is 6.75. The first-order valence-electron chi connectivity index (χ1n) is 5.96. The lowest BCUT2D eigenvalue weighted by molar-refractivity contribution is -0.125. The Balaban J connectivity index is 2.37. The molecule has 0 saturated heterocycles. The molecular weight excluding hydrogens is 280 g/mol. The van der Waals surface area contributed by atoms with E-state index in [2.05, 4.69) is 40.4 Å². The number of carbonyl (C=O) groups is 1. The van der Waals surface area contributed by atoms with Gasteiger partial charge in [0.1, 0.15) is 0 Å². The number of carbonyl (C=O) groups excluding carboxylic acids is 1. The van der Waals surface area contributed by atoms with Gasteiger partial charge in [-0.2, -0.15) is 0 Å². The van der Waals surface area contributed by atoms with Crippen LogP contribution < -0.4 is 10.6 Å². The van der Waals surface area contributed by atoms with Crippen LogP contribution in [-0.2, 0) is 4.79 Å². The highest BCUT2D eigenvalue weighted by Gasteiger charge is 2.37. The lowest BCUT2D eigenvalue weighted by Gasteiger charge is -2.27. The number of halogens is 1. The van der Waals surface area contributed by atoms with Gasteiger partial charge in [0.2, 0.25) is 5.91 Å². The van der Waals surface area contributed by atoms with Gasteiger partial charge in [-0.1, -0.05) is 29.8 Å². The summed E-state index contributed by atoms with van der Waals surface area (Å²) in [5, 5.41) is 6.40. The van der Waals surface area contributed by atoms with E-state index in [0.717, 1.165) is 28.7 Å². The zero-order valence-electron chi connectivity index (χ0n) is 10.1. The van der Waals surface area contributed by atoms with Crippen LogP contribution in [0.15, 0.2) is 22.7 Å². The number of benzene rings is 1. The van der Waals surface area contributed by atoms with Crippen LogP contribution in [0.4, 0.5) is 11.4 Å². The molecule has 0 atom stereocenters. The van der Waals surface area contributed by atoms with Gasteiger partial charge in [0.05, 0.1) is 16.8 Å². The molecular formula is C13H17BrN2O. The zero-order chi connectivity index (χ0) is 12.5. The molecule has 0 saturated carbocycles. The third-order valence-electron chi connectivity index (χ3n) is 3.68. The third kappa shape index (κ3) is 2.18. The quantitative estimate of drug-likeness (QED) is 0.875. The fourth-order valence-corrected chi connectivity index (χ4v) is 2.56. The molecule has 1 aromatic rings. The van der Waals surface area contributed by atoms with Crippen molar-refractivity contribution in [2.75, 3.05) is 17.2 Å². The molecule has 0 aliphatic carbocycles. The molecule has 2 N–H and O–H groups in total. The molecule has 2 rings (SSSR count). The van der Waals surface area contributed by atoms with E-state index < -0.39 is 0 Å². The van der Waals surface area contributed by atoms with Crippen molar-refractivity contribution in [3.8, 4) is 0 Å². The minimum atomic E-state index is -0.300. The molecule has 92 valence electrons. The van der Waals surface area contributed by atoms with Crippen LogP contribution in [-0.4, -0.2) is 12.5 Å². The number of rotatable bonds is 2. The summed E-state index contributed by atoms with van der Waals surface area (Å²) in [5.74, 6) is 0.117. The van der Waals surface area contributed by atoms with Crippen molar-refractivity contribution in [2.24, 2.45) is 5.41 Å². The van der Waals surface area contributed by atoms with Crippen LogP contribution in [0.2, 0.25) is 0 Å². The Kier molecular flexibility index (Phi) is 3.43. The number of nitrogens with one attached hydrogen (secondary N) is 2. The molecule has 0 spiro atoms. The van der Waals surface area contributed by atoms with Crippen LogP contribution in [0, 0.1) is 5.41 Å². The average molecular weight is 297 g/mol. The van der Waals surface area contributed by atoms with Crippen LogP contribution in [0.25, 0.3) is 0 Å². The molecule has 0 fully saturated rings. The van der Waals surface area contributed by atoms with Crippen LogP contribution in [0.1, 0.15) is 26.7 Å². The summed E-state index contributed by atoms with van der Waals surface area (Å²) in [5.41, 5.74) is 1.55. The van der Waals surface area contributed by atoms with Crippen molar-refractivity contribution in [2.45, 2.75) is 26.7 Å². The molecule has 0 unspecified atom stereocenters. The van der Waals surface area contributed by atoms with Gasteiger partial charge >= 0.3 is 0 Å². The number of hydrogen-bond donors (Lipinski definition) is 2. The summed E-state index contributed by atoms with van der Waals surface area (Å²) < 4.78 is 0.971. The monoisotopic (exact) mass is 296 g/mol. The second-order valence-corrected chi connectivity index (χ2v) is 5.40. The maximum absolute atomic E-state index is 12.3. The second kappa shape index (κ2) is 4.69. The van der Waals surface area contributed by atoms with E-state index >= 15 is 0 Å². The van der Waals surface area contributed by atoms with Crippen LogP contribution in [0.5, 0.6) is 0 Å². The molecule has 1 amide bonds. The third-order valence-corrected chi connectivity index (χ3v) is 4.18. The molecule has 0 radical (unpaired) electrons. The first-order chi connectivity index (χ1) is 8.11. The van der Waals surface area contributed by atoms with E-state index in [-0.39, 0.29) is 11.3 Å². The highest BCUT2D eigenvalue weighted by atomic mass is 79.9. The van der Waals surface area contributed by atoms with Crippen LogP contribution >= 0.6 is 15.9 Å². The summed E-state index contributed by atoms with van der Waals surface area (Å²) in [6.45, 7) is 4.83. The van der Waals surface area contributed by atoms with Crippen molar-refractivity contribution in [1.82, 2.24) is 0 Å². The zero-order valence-corrected chi connectivity index (χ0v) is 11.7. The van der Waals surface area contributed by atoms with Gasteiger partial charge in [-0.25, -0.2) is 0 Å². The Hall–Kier alpha value is -1.03. The normalized spacial score (nSPS) is 17.7. The highest BCUT2D eigenvalue weighted by Crippen LogP contribution is 2.35. The van der Waals surface area contributed by atoms with Gasteiger partial charge in [0, 0.05) is 11.0 Å².